The third-order valence-electron chi connectivity index (χ3n) is 2.89. The Kier molecular flexibility index (Phi) is 2.82. The average Bonchev–Trinajstić information content (AvgIpc) is 2.19. The molecule has 2 rings (SSSR count). The molecule has 1 aliphatic rings. The summed E-state index contributed by atoms with van der Waals surface area (Å²) in [7, 11) is 0. The molecule has 4 heteroatoms. The predicted octanol–water partition coefficient (Wildman–Crippen LogP) is 2.48. The topological polar surface area (TPSA) is 48.6 Å². The van der Waals surface area contributed by atoms with E-state index in [0.29, 0.717) is 10.7 Å². The van der Waals surface area contributed by atoms with Crippen LogP contribution in [0.5, 0.6) is 0 Å². The van der Waals surface area contributed by atoms with Crippen molar-refractivity contribution in [2.75, 3.05) is 0 Å². The number of rotatable bonds is 1. The summed E-state index contributed by atoms with van der Waals surface area (Å²) in [6.45, 7) is 0. The summed E-state index contributed by atoms with van der Waals surface area (Å²) in [6.07, 6.45) is 7.81. The van der Waals surface area contributed by atoms with Gasteiger partial charge in [0.05, 0.1) is 0 Å². The minimum atomic E-state index is -0.0133. The van der Waals surface area contributed by atoms with E-state index in [1.807, 2.05) is 0 Å². The smallest absolute Gasteiger partial charge is 0.255 e. The molecule has 2 N–H and O–H groups in total. The summed E-state index contributed by atoms with van der Waals surface area (Å²) in [5.41, 5.74) is 0.860. The zero-order valence-electron chi connectivity index (χ0n) is 8.01. The van der Waals surface area contributed by atoms with Crippen molar-refractivity contribution in [1.29, 1.82) is 0 Å². The van der Waals surface area contributed by atoms with Gasteiger partial charge in [0.1, 0.15) is 0 Å². The van der Waals surface area contributed by atoms with E-state index in [0.717, 1.165) is 18.4 Å². The van der Waals surface area contributed by atoms with Crippen molar-refractivity contribution in [3.63, 3.8) is 0 Å². The first-order chi connectivity index (χ1) is 6.77. The van der Waals surface area contributed by atoms with E-state index in [1.165, 1.54) is 19.3 Å². The molecule has 3 nitrogen and oxygen atoms in total. The molecule has 1 fully saturated rings. The van der Waals surface area contributed by atoms with Crippen molar-refractivity contribution in [2.24, 2.45) is 0 Å². The van der Waals surface area contributed by atoms with Crippen LogP contribution in [-0.2, 0) is 0 Å². The van der Waals surface area contributed by atoms with E-state index in [9.17, 15) is 4.79 Å². The number of H-pyrrole nitrogens is 2. The molecule has 0 saturated heterocycles. The Morgan fingerprint density at radius 1 is 1.29 bits per heavy atom. The molecular weight excluding hydrogens is 196 g/mol. The quantitative estimate of drug-likeness (QED) is 0.700. The van der Waals surface area contributed by atoms with Crippen LogP contribution in [-0.4, -0.2) is 9.97 Å². The molecule has 0 unspecified atom stereocenters. The molecule has 0 amide bonds. The van der Waals surface area contributed by atoms with Gasteiger partial charge in [-0.3, -0.25) is 9.78 Å². The molecule has 0 aliphatic heterocycles. The predicted molar refractivity (Wildman–Crippen MR) is 58.1 cm³/mol. The van der Waals surface area contributed by atoms with Gasteiger partial charge in [0, 0.05) is 11.8 Å². The highest BCUT2D eigenvalue weighted by atomic mass is 32.1. The van der Waals surface area contributed by atoms with Crippen molar-refractivity contribution in [1.82, 2.24) is 9.97 Å². The maximum absolute atomic E-state index is 11.6. The summed E-state index contributed by atoms with van der Waals surface area (Å²) in [6, 6.07) is 0. The lowest BCUT2D eigenvalue weighted by atomic mass is 9.85. The Bertz CT molecular complexity index is 415. The van der Waals surface area contributed by atoms with E-state index in [1.54, 1.807) is 6.20 Å². The normalized spacial score (nSPS) is 18.3. The summed E-state index contributed by atoms with van der Waals surface area (Å²) < 4.78 is 0.412. The number of hydrogen-bond donors (Lipinski definition) is 2. The van der Waals surface area contributed by atoms with Gasteiger partial charge in [0.2, 0.25) is 0 Å². The minimum absolute atomic E-state index is 0.0133. The Hall–Kier alpha value is -0.900. The van der Waals surface area contributed by atoms with Crippen LogP contribution in [0.2, 0.25) is 0 Å². The SMILES string of the molecule is O=c1[nH]c(=S)[nH]cc1C1CCCCC1. The third-order valence-corrected chi connectivity index (χ3v) is 3.11. The highest BCUT2D eigenvalue weighted by Crippen LogP contribution is 2.30. The van der Waals surface area contributed by atoms with Crippen molar-refractivity contribution in [2.45, 2.75) is 38.0 Å². The molecule has 76 valence electrons. The molecule has 1 saturated carbocycles. The van der Waals surface area contributed by atoms with Crippen LogP contribution in [0.1, 0.15) is 43.6 Å². The van der Waals surface area contributed by atoms with Crippen molar-refractivity contribution >= 4 is 12.2 Å². The average molecular weight is 210 g/mol. The van der Waals surface area contributed by atoms with Crippen LogP contribution in [0, 0.1) is 4.77 Å². The summed E-state index contributed by atoms with van der Waals surface area (Å²) >= 11 is 4.85. The Labute approximate surface area is 87.6 Å². The molecule has 14 heavy (non-hydrogen) atoms. The lowest BCUT2D eigenvalue weighted by Crippen LogP contribution is -2.18. The van der Waals surface area contributed by atoms with Gasteiger partial charge in [-0.15, -0.1) is 0 Å². The van der Waals surface area contributed by atoms with Crippen molar-refractivity contribution in [3.05, 3.63) is 26.9 Å². The second-order valence-corrected chi connectivity index (χ2v) is 4.27. The first-order valence-electron chi connectivity index (χ1n) is 5.09. The maximum Gasteiger partial charge on any atom is 0.255 e. The Morgan fingerprint density at radius 2 is 2.00 bits per heavy atom. The largest absolute Gasteiger partial charge is 0.338 e. The number of aromatic nitrogens is 2. The van der Waals surface area contributed by atoms with Gasteiger partial charge in [0.25, 0.3) is 5.56 Å². The first kappa shape index (κ1) is 9.65. The fourth-order valence-corrected chi connectivity index (χ4v) is 2.29. The molecule has 0 bridgehead atoms. The monoisotopic (exact) mass is 210 g/mol. The Balaban J connectivity index is 2.31. The summed E-state index contributed by atoms with van der Waals surface area (Å²) in [5, 5.41) is 0. The second-order valence-electron chi connectivity index (χ2n) is 3.86. The molecule has 1 aromatic heterocycles. The van der Waals surface area contributed by atoms with E-state index < -0.39 is 0 Å². The highest BCUT2D eigenvalue weighted by molar-refractivity contribution is 7.71. The Morgan fingerprint density at radius 3 is 2.64 bits per heavy atom. The van der Waals surface area contributed by atoms with Gasteiger partial charge < -0.3 is 4.98 Å². The van der Waals surface area contributed by atoms with E-state index >= 15 is 0 Å². The van der Waals surface area contributed by atoms with Gasteiger partial charge >= 0.3 is 0 Å². The van der Waals surface area contributed by atoms with Crippen LogP contribution in [0.15, 0.2) is 11.0 Å². The molecule has 1 heterocycles. The maximum atomic E-state index is 11.6. The van der Waals surface area contributed by atoms with Gasteiger partial charge in [-0.25, -0.2) is 0 Å². The van der Waals surface area contributed by atoms with E-state index in [-0.39, 0.29) is 5.56 Å². The van der Waals surface area contributed by atoms with E-state index in [4.69, 9.17) is 12.2 Å². The van der Waals surface area contributed by atoms with Gasteiger partial charge in [0.15, 0.2) is 4.77 Å². The van der Waals surface area contributed by atoms with Crippen LogP contribution in [0.25, 0.3) is 0 Å². The lowest BCUT2D eigenvalue weighted by molar-refractivity contribution is 0.440. The first-order valence-corrected chi connectivity index (χ1v) is 5.50. The molecule has 1 aliphatic carbocycles. The molecule has 0 spiro atoms. The second kappa shape index (κ2) is 4.09. The zero-order valence-corrected chi connectivity index (χ0v) is 8.82. The standard InChI is InChI=1S/C10H14N2OS/c13-9-8(6-11-10(14)12-9)7-4-2-1-3-5-7/h6-7H,1-5H2,(H2,11,12,13,14). The lowest BCUT2D eigenvalue weighted by Gasteiger charge is -2.20. The molecule has 0 radical (unpaired) electrons. The van der Waals surface area contributed by atoms with Gasteiger partial charge in [-0.2, -0.15) is 0 Å². The molecule has 0 atom stereocenters. The van der Waals surface area contributed by atoms with E-state index in [2.05, 4.69) is 9.97 Å². The summed E-state index contributed by atoms with van der Waals surface area (Å²) in [5.74, 6) is 0.430. The number of hydrogen-bond acceptors (Lipinski definition) is 2. The van der Waals surface area contributed by atoms with Crippen LogP contribution in [0.4, 0.5) is 0 Å². The fraction of sp³-hybridized carbons (Fsp3) is 0.600. The van der Waals surface area contributed by atoms with Crippen molar-refractivity contribution in [3.8, 4) is 0 Å². The molecule has 1 aromatic rings. The number of nitrogens with one attached hydrogen (secondary N) is 2. The summed E-state index contributed by atoms with van der Waals surface area (Å²) in [4.78, 5) is 17.1. The van der Waals surface area contributed by atoms with Crippen LogP contribution >= 0.6 is 12.2 Å². The van der Waals surface area contributed by atoms with Gasteiger partial charge in [-0.05, 0) is 31.0 Å². The zero-order chi connectivity index (χ0) is 9.97. The number of aromatic amines is 2. The third kappa shape index (κ3) is 1.95. The van der Waals surface area contributed by atoms with Gasteiger partial charge in [-0.1, -0.05) is 19.3 Å². The van der Waals surface area contributed by atoms with Crippen LogP contribution < -0.4 is 5.56 Å². The molecule has 0 aromatic carbocycles. The highest BCUT2D eigenvalue weighted by Gasteiger charge is 2.17. The van der Waals surface area contributed by atoms with Crippen LogP contribution in [0.3, 0.4) is 0 Å². The fourth-order valence-electron chi connectivity index (χ4n) is 2.14. The minimum Gasteiger partial charge on any atom is -0.338 e. The van der Waals surface area contributed by atoms with Crippen molar-refractivity contribution < 1.29 is 0 Å². The molecular formula is C10H14N2OS.